The van der Waals surface area contributed by atoms with Crippen LogP contribution in [0, 0.1) is 17.7 Å². The molecule has 1 aliphatic rings. The van der Waals surface area contributed by atoms with Crippen LogP contribution in [0.5, 0.6) is 0 Å². The highest BCUT2D eigenvalue weighted by atomic mass is 19.1. The van der Waals surface area contributed by atoms with Crippen LogP contribution < -0.4 is 5.32 Å². The number of rotatable bonds is 7. The minimum atomic E-state index is -0.613. The first-order valence-electron chi connectivity index (χ1n) is 10.1. The Labute approximate surface area is 174 Å². The van der Waals surface area contributed by atoms with Gasteiger partial charge in [0.15, 0.2) is 5.82 Å². The molecule has 30 heavy (non-hydrogen) atoms. The van der Waals surface area contributed by atoms with Gasteiger partial charge in [-0.2, -0.15) is 0 Å². The van der Waals surface area contributed by atoms with Crippen molar-refractivity contribution in [3.05, 3.63) is 78.1 Å². The van der Waals surface area contributed by atoms with Gasteiger partial charge in [-0.15, -0.1) is 0 Å². The minimum absolute atomic E-state index is 0.0339. The molecule has 156 valence electrons. The molecule has 0 saturated heterocycles. The molecule has 2 aromatic heterocycles. The van der Waals surface area contributed by atoms with E-state index in [2.05, 4.69) is 20.3 Å². The zero-order valence-electron chi connectivity index (χ0n) is 16.5. The highest BCUT2D eigenvalue weighted by Crippen LogP contribution is 2.35. The number of benzene rings is 1. The number of halogens is 1. The van der Waals surface area contributed by atoms with Gasteiger partial charge in [-0.25, -0.2) is 14.4 Å². The summed E-state index contributed by atoms with van der Waals surface area (Å²) in [6.45, 7) is 0.258. The van der Waals surface area contributed by atoms with Crippen LogP contribution in [0.25, 0.3) is 11.4 Å². The second kappa shape index (κ2) is 9.38. The van der Waals surface area contributed by atoms with E-state index in [0.29, 0.717) is 30.8 Å². The largest absolute Gasteiger partial charge is 0.396 e. The molecule has 0 bridgehead atoms. The predicted octanol–water partition coefficient (Wildman–Crippen LogP) is 2.37. The molecule has 1 fully saturated rings. The third kappa shape index (κ3) is 4.53. The van der Waals surface area contributed by atoms with Crippen molar-refractivity contribution in [3.63, 3.8) is 0 Å². The zero-order valence-corrected chi connectivity index (χ0v) is 16.5. The fourth-order valence-corrected chi connectivity index (χ4v) is 4.25. The van der Waals surface area contributed by atoms with E-state index < -0.39 is 6.10 Å². The van der Waals surface area contributed by atoms with Gasteiger partial charge in [-0.3, -0.25) is 4.98 Å². The van der Waals surface area contributed by atoms with Crippen molar-refractivity contribution in [2.75, 3.05) is 6.61 Å². The molecule has 0 spiro atoms. The first-order chi connectivity index (χ1) is 14.7. The van der Waals surface area contributed by atoms with Crippen LogP contribution in [0.4, 0.5) is 4.39 Å². The molecular weight excluding hydrogens is 383 g/mol. The minimum Gasteiger partial charge on any atom is -0.396 e. The van der Waals surface area contributed by atoms with Gasteiger partial charge in [-0.1, -0.05) is 18.2 Å². The van der Waals surface area contributed by atoms with Gasteiger partial charge < -0.3 is 15.5 Å². The lowest BCUT2D eigenvalue weighted by Crippen LogP contribution is -2.36. The van der Waals surface area contributed by atoms with Crippen molar-refractivity contribution in [3.8, 4) is 11.4 Å². The summed E-state index contributed by atoms with van der Waals surface area (Å²) in [6, 6.07) is 12.2. The predicted molar refractivity (Wildman–Crippen MR) is 111 cm³/mol. The number of aliphatic hydroxyl groups excluding tert-OH is 2. The molecule has 1 aromatic carbocycles. The topological polar surface area (TPSA) is 91.2 Å². The summed E-state index contributed by atoms with van der Waals surface area (Å²) in [5.74, 6) is 0.0413. The van der Waals surface area contributed by atoms with Crippen molar-refractivity contribution in [2.24, 2.45) is 11.8 Å². The van der Waals surface area contributed by atoms with Crippen molar-refractivity contribution in [1.82, 2.24) is 20.3 Å². The number of nitrogens with zero attached hydrogens (tertiary/aromatic N) is 3. The van der Waals surface area contributed by atoms with Crippen LogP contribution in [-0.2, 0) is 13.0 Å². The third-order valence-electron chi connectivity index (χ3n) is 5.86. The Kier molecular flexibility index (Phi) is 6.42. The first-order valence-corrected chi connectivity index (χ1v) is 10.1. The standard InChI is InChI=1S/C23H25FN4O2/c24-20-6-2-1-4-15(20)13-27-21-11-22(30)19(14-29)18(21)10-17-7-9-26-23(28-17)16-5-3-8-25-12-16/h1-9,12,18-19,21-22,27,29-30H,10-11,13-14H2. The maximum Gasteiger partial charge on any atom is 0.160 e. The fraction of sp³-hybridized carbons (Fsp3) is 0.348. The molecule has 2 heterocycles. The summed E-state index contributed by atoms with van der Waals surface area (Å²) < 4.78 is 14.0. The van der Waals surface area contributed by atoms with E-state index in [-0.39, 0.29) is 30.3 Å². The van der Waals surface area contributed by atoms with Crippen molar-refractivity contribution < 1.29 is 14.6 Å². The van der Waals surface area contributed by atoms with E-state index in [0.717, 1.165) is 11.3 Å². The molecule has 7 heteroatoms. The molecule has 1 aliphatic carbocycles. The van der Waals surface area contributed by atoms with Gasteiger partial charge in [0.05, 0.1) is 6.10 Å². The maximum atomic E-state index is 14.0. The Hall–Kier alpha value is -2.74. The van der Waals surface area contributed by atoms with Crippen LogP contribution in [0.15, 0.2) is 61.1 Å². The lowest BCUT2D eigenvalue weighted by atomic mass is 9.88. The van der Waals surface area contributed by atoms with Gasteiger partial charge in [-0.05, 0) is 43.0 Å². The van der Waals surface area contributed by atoms with E-state index in [9.17, 15) is 14.6 Å². The number of aliphatic hydroxyl groups is 2. The molecule has 0 amide bonds. The lowest BCUT2D eigenvalue weighted by Gasteiger charge is -2.25. The van der Waals surface area contributed by atoms with Gasteiger partial charge in [0.25, 0.3) is 0 Å². The Balaban J connectivity index is 1.52. The third-order valence-corrected chi connectivity index (χ3v) is 5.86. The maximum absolute atomic E-state index is 14.0. The van der Waals surface area contributed by atoms with Crippen LogP contribution in [0.2, 0.25) is 0 Å². The van der Waals surface area contributed by atoms with Gasteiger partial charge in [0, 0.05) is 60.5 Å². The average molecular weight is 408 g/mol. The molecular formula is C23H25FN4O2. The number of hydrogen-bond donors (Lipinski definition) is 3. The van der Waals surface area contributed by atoms with Crippen LogP contribution >= 0.6 is 0 Å². The smallest absolute Gasteiger partial charge is 0.160 e. The second-order valence-electron chi connectivity index (χ2n) is 7.71. The summed E-state index contributed by atoms with van der Waals surface area (Å²) in [6.07, 6.45) is 5.60. The Bertz CT molecular complexity index is 972. The molecule has 6 nitrogen and oxygen atoms in total. The molecule has 4 unspecified atom stereocenters. The van der Waals surface area contributed by atoms with Crippen molar-refractivity contribution in [2.45, 2.75) is 31.5 Å². The summed E-state index contributed by atoms with van der Waals surface area (Å²) in [4.78, 5) is 13.1. The molecule has 4 atom stereocenters. The van der Waals surface area contributed by atoms with E-state index in [4.69, 9.17) is 0 Å². The van der Waals surface area contributed by atoms with E-state index >= 15 is 0 Å². The molecule has 3 N–H and O–H groups in total. The van der Waals surface area contributed by atoms with Crippen LogP contribution in [-0.4, -0.2) is 43.9 Å². The van der Waals surface area contributed by atoms with E-state index in [1.165, 1.54) is 6.07 Å². The van der Waals surface area contributed by atoms with Crippen LogP contribution in [0.3, 0.4) is 0 Å². The first kappa shape index (κ1) is 20.5. The number of hydrogen-bond acceptors (Lipinski definition) is 6. The molecule has 3 aromatic rings. The van der Waals surface area contributed by atoms with Crippen LogP contribution in [0.1, 0.15) is 17.7 Å². The van der Waals surface area contributed by atoms with Crippen molar-refractivity contribution >= 4 is 0 Å². The molecule has 0 aliphatic heterocycles. The number of pyridine rings is 1. The van der Waals surface area contributed by atoms with E-state index in [1.54, 1.807) is 36.8 Å². The van der Waals surface area contributed by atoms with Crippen molar-refractivity contribution in [1.29, 1.82) is 0 Å². The summed E-state index contributed by atoms with van der Waals surface area (Å²) >= 11 is 0. The van der Waals surface area contributed by atoms with Gasteiger partial charge in [0.2, 0.25) is 0 Å². The summed E-state index contributed by atoms with van der Waals surface area (Å²) in [7, 11) is 0. The Morgan fingerprint density at radius 1 is 1.07 bits per heavy atom. The zero-order chi connectivity index (χ0) is 20.9. The van der Waals surface area contributed by atoms with E-state index in [1.807, 2.05) is 18.2 Å². The molecule has 0 radical (unpaired) electrons. The quantitative estimate of drug-likeness (QED) is 0.556. The SMILES string of the molecule is OCC1C(O)CC(NCc2ccccc2F)C1Cc1ccnc(-c2cccnc2)n1. The summed E-state index contributed by atoms with van der Waals surface area (Å²) in [5, 5.41) is 23.7. The lowest BCUT2D eigenvalue weighted by molar-refractivity contribution is 0.0716. The molecule has 4 rings (SSSR count). The highest BCUT2D eigenvalue weighted by Gasteiger charge is 2.42. The monoisotopic (exact) mass is 408 g/mol. The highest BCUT2D eigenvalue weighted by molar-refractivity contribution is 5.52. The number of nitrogens with one attached hydrogen (secondary N) is 1. The molecule has 1 saturated carbocycles. The normalized spacial score (nSPS) is 23.6. The Morgan fingerprint density at radius 2 is 1.93 bits per heavy atom. The second-order valence-corrected chi connectivity index (χ2v) is 7.71. The summed E-state index contributed by atoms with van der Waals surface area (Å²) in [5.41, 5.74) is 2.25. The fourth-order valence-electron chi connectivity index (χ4n) is 4.25. The Morgan fingerprint density at radius 3 is 2.70 bits per heavy atom. The van der Waals surface area contributed by atoms with Gasteiger partial charge >= 0.3 is 0 Å². The van der Waals surface area contributed by atoms with Gasteiger partial charge in [0.1, 0.15) is 5.82 Å². The number of aromatic nitrogens is 3. The average Bonchev–Trinajstić information content (AvgIpc) is 3.08.